The van der Waals surface area contributed by atoms with Gasteiger partial charge in [0.2, 0.25) is 11.4 Å². The molecule has 5 nitrogen and oxygen atoms in total. The van der Waals surface area contributed by atoms with E-state index in [0.29, 0.717) is 17.2 Å². The van der Waals surface area contributed by atoms with Gasteiger partial charge in [-0.2, -0.15) is 0 Å². The van der Waals surface area contributed by atoms with Crippen LogP contribution in [0.5, 0.6) is 11.5 Å². The number of para-hydroxylation sites is 1. The first-order chi connectivity index (χ1) is 34.6. The molecule has 0 unspecified atom stereocenters. The highest BCUT2D eigenvalue weighted by molar-refractivity contribution is 7.20. The molecule has 1 aliphatic rings. The molecular formula is C63H56N4OSi+2. The second kappa shape index (κ2) is 17.0. The van der Waals surface area contributed by atoms with Gasteiger partial charge in [0.05, 0.1) is 17.1 Å². The van der Waals surface area contributed by atoms with E-state index in [1.165, 1.54) is 26.3 Å². The summed E-state index contributed by atoms with van der Waals surface area (Å²) < 4.78 is 38.6. The molecule has 0 radical (unpaired) electrons. The Morgan fingerprint density at radius 1 is 0.507 bits per heavy atom. The Balaban J connectivity index is 1.07. The quantitative estimate of drug-likeness (QED) is 0.0821. The van der Waals surface area contributed by atoms with Crippen molar-refractivity contribution in [2.45, 2.75) is 59.2 Å². The molecule has 0 N–H and O–H groups in total. The Morgan fingerprint density at radius 2 is 1.12 bits per heavy atom. The highest BCUT2D eigenvalue weighted by atomic mass is 28.3. The van der Waals surface area contributed by atoms with E-state index in [9.17, 15) is 0 Å². The number of rotatable bonds is 9. The molecule has 6 heteroatoms. The van der Waals surface area contributed by atoms with Crippen molar-refractivity contribution in [2.75, 3.05) is 0 Å². The molecule has 3 heterocycles. The van der Waals surface area contributed by atoms with Crippen molar-refractivity contribution < 1.29 is 8.85 Å². The number of aromatic nitrogens is 2. The van der Waals surface area contributed by atoms with Crippen LogP contribution in [0.4, 0.5) is 22.7 Å². The lowest BCUT2D eigenvalue weighted by Gasteiger charge is -2.34. The maximum atomic E-state index is 8.55. The molecule has 0 amide bonds. The van der Waals surface area contributed by atoms with Gasteiger partial charge in [-0.05, 0) is 95.1 Å². The number of aryl methyl sites for hydroxylation is 1. The van der Waals surface area contributed by atoms with Crippen LogP contribution in [0.2, 0.25) is 0 Å². The van der Waals surface area contributed by atoms with E-state index in [1.54, 1.807) is 12.1 Å². The predicted octanol–water partition coefficient (Wildman–Crippen LogP) is 13.1. The van der Waals surface area contributed by atoms with E-state index < -0.39 is 14.9 Å². The van der Waals surface area contributed by atoms with E-state index >= 15 is 0 Å². The summed E-state index contributed by atoms with van der Waals surface area (Å²) >= 11 is 0. The van der Waals surface area contributed by atoms with E-state index in [4.69, 9.17) is 13.8 Å². The molecule has 0 atom stereocenters. The van der Waals surface area contributed by atoms with Gasteiger partial charge >= 0.3 is 11.7 Å². The maximum Gasteiger partial charge on any atom is 0.503 e. The minimum atomic E-state index is -2.85. The van der Waals surface area contributed by atoms with Crippen LogP contribution in [0.15, 0.2) is 212 Å². The normalized spacial score (nSPS) is 13.6. The molecule has 0 bridgehead atoms. The Bertz CT molecular complexity index is 3670. The van der Waals surface area contributed by atoms with Gasteiger partial charge in [0.1, 0.15) is 17.3 Å². The van der Waals surface area contributed by atoms with E-state index in [-0.39, 0.29) is 16.4 Å². The highest BCUT2D eigenvalue weighted by Gasteiger charge is 2.42. The molecular weight excluding hydrogens is 857 g/mol. The number of nitrogens with zero attached hydrogens (tertiary/aromatic N) is 4. The summed E-state index contributed by atoms with van der Waals surface area (Å²) in [6, 6.07) is 76.0. The molecule has 1 aliphatic heterocycles. The van der Waals surface area contributed by atoms with Gasteiger partial charge < -0.3 is 4.74 Å². The van der Waals surface area contributed by atoms with E-state index in [1.807, 2.05) is 57.8 Å². The third-order valence-corrected chi connectivity index (χ3v) is 18.4. The number of pyridine rings is 1. The lowest BCUT2D eigenvalue weighted by Crippen LogP contribution is -2.74. The fourth-order valence-corrected chi connectivity index (χ4v) is 14.9. The van der Waals surface area contributed by atoms with Crippen LogP contribution >= 0.6 is 0 Å². The summed E-state index contributed by atoms with van der Waals surface area (Å²) in [4.78, 5) is 5.04. The minimum Gasteiger partial charge on any atom is -0.457 e. The summed E-state index contributed by atoms with van der Waals surface area (Å²) in [6.07, 6.45) is 1.92. The van der Waals surface area contributed by atoms with Gasteiger partial charge in [0.15, 0.2) is 8.07 Å². The average Bonchev–Trinajstić information content (AvgIpc) is 3.93. The van der Waals surface area contributed by atoms with Crippen LogP contribution in [0.1, 0.15) is 62.3 Å². The van der Waals surface area contributed by atoms with E-state index in [0.717, 1.165) is 50.2 Å². The standard InChI is InChI=1S/C63H56N4OSi/c1-44-20-17-31-58-61(44)66(47-22-18-21-45(38-47)62(2,3)4)43-65(58)48-23-19-24-49(40-48)68-50-32-34-55-56-42-54(33-35-57(56)67(59(55)41-50)60-39-46(36-37-64-60)63(5,6)7)69(51-25-11-8-12-26-51,52-27-13-9-14-28-52)53-29-15-10-16-30-53/h8-42H,1-7H3/q+2/i1D3. The number of benzene rings is 8. The molecule has 336 valence electrons. The van der Waals surface area contributed by atoms with Crippen molar-refractivity contribution in [3.63, 3.8) is 0 Å². The fraction of sp³-hybridized carbons (Fsp3) is 0.143. The number of hydrogen-bond acceptors (Lipinski definition) is 2. The van der Waals surface area contributed by atoms with Gasteiger partial charge in [-0.1, -0.05) is 175 Å². The fourth-order valence-electron chi connectivity index (χ4n) is 10.1. The van der Waals surface area contributed by atoms with E-state index in [2.05, 4.69) is 204 Å². The van der Waals surface area contributed by atoms with Crippen LogP contribution < -0.4 is 34.6 Å². The first-order valence-electron chi connectivity index (χ1n) is 25.2. The van der Waals surface area contributed by atoms with Crippen molar-refractivity contribution in [1.82, 2.24) is 18.7 Å². The Hall–Kier alpha value is -7.89. The summed E-state index contributed by atoms with van der Waals surface area (Å²) in [5.74, 6) is 2.12. The van der Waals surface area contributed by atoms with Gasteiger partial charge in [0, 0.05) is 57.0 Å². The minimum absolute atomic E-state index is 0.0956. The molecule has 69 heavy (non-hydrogen) atoms. The van der Waals surface area contributed by atoms with Gasteiger partial charge in [0.25, 0.3) is 5.69 Å². The summed E-state index contributed by atoms with van der Waals surface area (Å²) in [5, 5.41) is 7.45. The number of fused-ring (bicyclic) bond motifs is 4. The third-order valence-electron chi connectivity index (χ3n) is 13.6. The predicted molar refractivity (Wildman–Crippen MR) is 292 cm³/mol. The van der Waals surface area contributed by atoms with Gasteiger partial charge in [-0.15, -0.1) is 0 Å². The Morgan fingerprint density at radius 3 is 1.77 bits per heavy atom. The Kier molecular flexibility index (Phi) is 9.91. The largest absolute Gasteiger partial charge is 0.503 e. The van der Waals surface area contributed by atoms with Gasteiger partial charge in [-0.25, -0.2) is 4.98 Å². The molecule has 0 saturated heterocycles. The molecule has 8 aromatic carbocycles. The summed E-state index contributed by atoms with van der Waals surface area (Å²) in [7, 11) is -2.85. The summed E-state index contributed by atoms with van der Waals surface area (Å²) in [6.45, 7) is 10.9. The average molecular weight is 916 g/mol. The van der Waals surface area contributed by atoms with Crippen LogP contribution in [0.25, 0.3) is 27.6 Å². The van der Waals surface area contributed by atoms with Crippen LogP contribution in [0, 0.1) is 6.85 Å². The third kappa shape index (κ3) is 7.72. The smallest absolute Gasteiger partial charge is 0.457 e. The summed E-state index contributed by atoms with van der Waals surface area (Å²) in [5.41, 5.74) is 7.32. The molecule has 11 rings (SSSR count). The zero-order chi connectivity index (χ0) is 50.0. The second-order valence-corrected chi connectivity index (χ2v) is 23.9. The first kappa shape index (κ1) is 40.2. The van der Waals surface area contributed by atoms with Crippen molar-refractivity contribution in [2.24, 2.45) is 0 Å². The number of ether oxygens (including phenoxy) is 1. The highest BCUT2D eigenvalue weighted by Crippen LogP contribution is 2.41. The first-order valence-corrected chi connectivity index (χ1v) is 25.7. The molecule has 0 saturated carbocycles. The van der Waals surface area contributed by atoms with Crippen molar-refractivity contribution >= 4 is 79.4 Å². The maximum absolute atomic E-state index is 8.55. The zero-order valence-electron chi connectivity index (χ0n) is 42.9. The van der Waals surface area contributed by atoms with Crippen LogP contribution in [0.3, 0.4) is 0 Å². The molecule has 0 fully saturated rings. The molecule has 0 spiro atoms. The molecule has 10 aromatic rings. The van der Waals surface area contributed by atoms with Crippen molar-refractivity contribution in [3.05, 3.63) is 229 Å². The van der Waals surface area contributed by atoms with Crippen molar-refractivity contribution in [1.29, 1.82) is 0 Å². The zero-order valence-corrected chi connectivity index (χ0v) is 40.9. The second-order valence-electron chi connectivity index (χ2n) is 20.1. The molecule has 0 aliphatic carbocycles. The lowest BCUT2D eigenvalue weighted by atomic mass is 9.87. The lowest BCUT2D eigenvalue weighted by molar-refractivity contribution is 0.483. The number of hydrogen-bond donors (Lipinski definition) is 0. The van der Waals surface area contributed by atoms with Gasteiger partial charge in [-0.3, -0.25) is 4.57 Å². The molecule has 2 aromatic heterocycles. The van der Waals surface area contributed by atoms with Crippen molar-refractivity contribution in [3.8, 4) is 17.3 Å². The monoisotopic (exact) mass is 915 g/mol. The topological polar surface area (TPSA) is 33.1 Å². The Labute approximate surface area is 410 Å². The van der Waals surface area contributed by atoms with Crippen LogP contribution in [-0.2, 0) is 10.8 Å². The SMILES string of the molecule is [2H]C([2H])([2H])c1cccc2c1[N+](c1cccc(C(C)(C)C)c1)=C=[N+]2c1cccc(Oc2ccc3c4cc([Si](c5ccccc5)(c5ccccc5)c5ccccc5)ccc4n(-c4cc(C(C)(C)C)ccn4)c3c2)c1. The van der Waals surface area contributed by atoms with Crippen LogP contribution in [-0.4, -0.2) is 23.6 Å².